The second-order valence-corrected chi connectivity index (χ2v) is 7.66. The molecule has 0 heterocycles. The van der Waals surface area contributed by atoms with E-state index in [0.29, 0.717) is 19.3 Å². The molecule has 0 aromatic heterocycles. The van der Waals surface area contributed by atoms with Gasteiger partial charge < -0.3 is 0 Å². The van der Waals surface area contributed by atoms with E-state index in [1.54, 1.807) is 0 Å². The molecule has 1 aromatic rings. The first-order valence-corrected chi connectivity index (χ1v) is 8.01. The molecule has 0 fully saturated rings. The molecule has 0 amide bonds. The van der Waals surface area contributed by atoms with Crippen molar-refractivity contribution in [2.24, 2.45) is 0 Å². The van der Waals surface area contributed by atoms with Crippen LogP contribution in [0.2, 0.25) is 0 Å². The molecule has 0 saturated heterocycles. The third-order valence-corrected chi connectivity index (χ3v) is 8.50. The van der Waals surface area contributed by atoms with Crippen LogP contribution in [-0.4, -0.2) is 0 Å². The second kappa shape index (κ2) is 3.31. The number of halogens is 4. The van der Waals surface area contributed by atoms with E-state index in [1.807, 2.05) is 0 Å². The Kier molecular flexibility index (Phi) is 2.44. The fourth-order valence-electron chi connectivity index (χ4n) is 2.06. The van der Waals surface area contributed by atoms with Gasteiger partial charge in [0.15, 0.2) is 0 Å². The maximum absolute atomic E-state index is 3.67. The fraction of sp³-hybridized carbons (Fsp3) is 0.400. The largest absolute Gasteiger partial charge is 0.0823 e. The van der Waals surface area contributed by atoms with E-state index in [1.165, 1.54) is 22.3 Å². The molecule has 4 heteroatoms. The van der Waals surface area contributed by atoms with Crippen LogP contribution in [0.15, 0.2) is 12.1 Å². The van der Waals surface area contributed by atoms with Crippen molar-refractivity contribution in [1.29, 1.82) is 0 Å². The minimum absolute atomic E-state index is 0.483. The molecule has 2 aliphatic rings. The lowest BCUT2D eigenvalue weighted by Gasteiger charge is -2.39. The average molecular weight is 446 g/mol. The molecule has 0 saturated carbocycles. The zero-order valence-corrected chi connectivity index (χ0v) is 13.3. The summed E-state index contributed by atoms with van der Waals surface area (Å²) in [6.45, 7) is 0. The zero-order valence-electron chi connectivity index (χ0n) is 6.98. The number of benzene rings is 1. The van der Waals surface area contributed by atoms with E-state index in [-0.39, 0.29) is 0 Å². The Morgan fingerprint density at radius 3 is 1.00 bits per heavy atom. The lowest BCUT2D eigenvalue weighted by molar-refractivity contribution is 0.758. The lowest BCUT2D eigenvalue weighted by Crippen LogP contribution is -2.22. The molecule has 0 N–H and O–H groups in total. The Morgan fingerprint density at radius 2 is 0.786 bits per heavy atom. The summed E-state index contributed by atoms with van der Waals surface area (Å²) in [7, 11) is 0. The fourth-order valence-corrected chi connectivity index (χ4v) is 4.79. The van der Waals surface area contributed by atoms with Gasteiger partial charge in [-0.3, -0.25) is 0 Å². The molecule has 4 atom stereocenters. The van der Waals surface area contributed by atoms with E-state index in [0.717, 1.165) is 0 Å². The first kappa shape index (κ1) is 10.3. The first-order chi connectivity index (χ1) is 6.61. The molecule has 2 aliphatic carbocycles. The van der Waals surface area contributed by atoms with Crippen molar-refractivity contribution >= 4 is 63.7 Å². The van der Waals surface area contributed by atoms with Crippen molar-refractivity contribution in [3.05, 3.63) is 34.4 Å². The number of rotatable bonds is 0. The Balaban J connectivity index is 2.14. The monoisotopic (exact) mass is 442 g/mol. The third kappa shape index (κ3) is 1.14. The number of fused-ring (bicyclic) bond motifs is 2. The van der Waals surface area contributed by atoms with Crippen LogP contribution in [0.1, 0.15) is 41.6 Å². The van der Waals surface area contributed by atoms with E-state index < -0.39 is 0 Å². The highest BCUT2D eigenvalue weighted by atomic mass is 79.9. The third-order valence-electron chi connectivity index (χ3n) is 2.99. The summed E-state index contributed by atoms with van der Waals surface area (Å²) < 4.78 is 0. The van der Waals surface area contributed by atoms with E-state index >= 15 is 0 Å². The SMILES string of the molecule is BrC1c2cc3c(cc2C1Br)C(Br)C3Br. The van der Waals surface area contributed by atoms with Gasteiger partial charge >= 0.3 is 0 Å². The van der Waals surface area contributed by atoms with Gasteiger partial charge in [0.1, 0.15) is 0 Å². The summed E-state index contributed by atoms with van der Waals surface area (Å²) in [5, 5.41) is 0. The summed E-state index contributed by atoms with van der Waals surface area (Å²) in [6.07, 6.45) is 0. The van der Waals surface area contributed by atoms with Crippen LogP contribution in [0.4, 0.5) is 0 Å². The van der Waals surface area contributed by atoms with Gasteiger partial charge in [0.2, 0.25) is 0 Å². The van der Waals surface area contributed by atoms with Crippen LogP contribution in [0.25, 0.3) is 0 Å². The minimum atomic E-state index is 0.483. The highest BCUT2D eigenvalue weighted by Crippen LogP contribution is 2.61. The van der Waals surface area contributed by atoms with Gasteiger partial charge in [0.05, 0.1) is 19.3 Å². The quantitative estimate of drug-likeness (QED) is 0.465. The molecule has 1 aromatic carbocycles. The Labute approximate surface area is 116 Å². The van der Waals surface area contributed by atoms with Crippen molar-refractivity contribution < 1.29 is 0 Å². The van der Waals surface area contributed by atoms with Crippen LogP contribution in [0.3, 0.4) is 0 Å². The molecule has 14 heavy (non-hydrogen) atoms. The average Bonchev–Trinajstić information content (AvgIpc) is 2.24. The molecule has 0 nitrogen and oxygen atoms in total. The maximum Gasteiger partial charge on any atom is 0.0564 e. The summed E-state index contributed by atoms with van der Waals surface area (Å²) in [5.41, 5.74) is 5.76. The van der Waals surface area contributed by atoms with Gasteiger partial charge in [0.25, 0.3) is 0 Å². The molecular weight excluding hydrogens is 440 g/mol. The van der Waals surface area contributed by atoms with Gasteiger partial charge in [-0.15, -0.1) is 0 Å². The van der Waals surface area contributed by atoms with E-state index in [9.17, 15) is 0 Å². The van der Waals surface area contributed by atoms with Crippen molar-refractivity contribution in [3.8, 4) is 0 Å². The highest BCUT2D eigenvalue weighted by molar-refractivity contribution is 9.12. The predicted molar refractivity (Wildman–Crippen MR) is 73.1 cm³/mol. The van der Waals surface area contributed by atoms with E-state index in [4.69, 9.17) is 0 Å². The number of alkyl halides is 4. The number of hydrogen-bond acceptors (Lipinski definition) is 0. The van der Waals surface area contributed by atoms with Crippen molar-refractivity contribution in [1.82, 2.24) is 0 Å². The number of hydrogen-bond donors (Lipinski definition) is 0. The van der Waals surface area contributed by atoms with E-state index in [2.05, 4.69) is 75.9 Å². The van der Waals surface area contributed by atoms with Crippen LogP contribution in [0.5, 0.6) is 0 Å². The van der Waals surface area contributed by atoms with Crippen LogP contribution in [-0.2, 0) is 0 Å². The normalized spacial score (nSPS) is 38.0. The summed E-state index contributed by atoms with van der Waals surface area (Å²) >= 11 is 14.7. The molecule has 0 bridgehead atoms. The van der Waals surface area contributed by atoms with Crippen LogP contribution in [0, 0.1) is 0 Å². The van der Waals surface area contributed by atoms with Crippen molar-refractivity contribution in [2.75, 3.05) is 0 Å². The van der Waals surface area contributed by atoms with Gasteiger partial charge in [-0.25, -0.2) is 0 Å². The first-order valence-electron chi connectivity index (χ1n) is 4.35. The van der Waals surface area contributed by atoms with Gasteiger partial charge in [-0.05, 0) is 22.3 Å². The van der Waals surface area contributed by atoms with Crippen molar-refractivity contribution in [3.63, 3.8) is 0 Å². The molecule has 0 spiro atoms. The zero-order chi connectivity index (χ0) is 10.0. The van der Waals surface area contributed by atoms with Gasteiger partial charge in [-0.1, -0.05) is 75.9 Å². The maximum atomic E-state index is 3.67. The van der Waals surface area contributed by atoms with Gasteiger partial charge in [0, 0.05) is 0 Å². The minimum Gasteiger partial charge on any atom is -0.0823 e. The highest BCUT2D eigenvalue weighted by Gasteiger charge is 2.41. The molecule has 4 unspecified atom stereocenters. The molecule has 74 valence electrons. The summed E-state index contributed by atoms with van der Waals surface area (Å²) in [4.78, 5) is 1.93. The van der Waals surface area contributed by atoms with Gasteiger partial charge in [-0.2, -0.15) is 0 Å². The predicted octanol–water partition coefficient (Wildman–Crippen LogP) is 5.46. The molecule has 0 aliphatic heterocycles. The van der Waals surface area contributed by atoms with Crippen LogP contribution < -0.4 is 0 Å². The topological polar surface area (TPSA) is 0 Å². The standard InChI is InChI=1S/C10H6Br4/c11-7-3-1-4-6(10(14)8(4)12)2-5(3)9(7)13/h1-2,7-10H. The smallest absolute Gasteiger partial charge is 0.0564 e. The molecular formula is C10H6Br4. The second-order valence-electron chi connectivity index (χ2n) is 3.72. The Bertz CT molecular complexity index is 341. The lowest BCUT2D eigenvalue weighted by atomic mass is 9.78. The van der Waals surface area contributed by atoms with Crippen LogP contribution >= 0.6 is 63.7 Å². The molecule has 0 radical (unpaired) electrons. The van der Waals surface area contributed by atoms with Crippen molar-refractivity contribution in [2.45, 2.75) is 19.3 Å². The Hall–Kier alpha value is 1.14. The summed E-state index contributed by atoms with van der Waals surface area (Å²) in [6, 6.07) is 4.64. The summed E-state index contributed by atoms with van der Waals surface area (Å²) in [5.74, 6) is 0. The Morgan fingerprint density at radius 1 is 0.571 bits per heavy atom. The molecule has 3 rings (SSSR count).